The molecular weight excluding hydrogens is 298 g/mol. The first kappa shape index (κ1) is 16.5. The Kier molecular flexibility index (Phi) is 4.73. The van der Waals surface area contributed by atoms with Crippen molar-refractivity contribution in [2.75, 3.05) is 26.2 Å². The highest BCUT2D eigenvalue weighted by Gasteiger charge is 2.51. The Morgan fingerprint density at radius 1 is 1.18 bits per heavy atom. The number of rotatable bonds is 3. The van der Waals surface area contributed by atoms with Crippen molar-refractivity contribution in [3.05, 3.63) is 0 Å². The van der Waals surface area contributed by atoms with Crippen molar-refractivity contribution < 1.29 is 4.79 Å². The van der Waals surface area contributed by atoms with Gasteiger partial charge in [0.25, 0.3) is 0 Å². The third-order valence-electron chi connectivity index (χ3n) is 6.43. The van der Waals surface area contributed by atoms with Crippen LogP contribution < -0.4 is 10.6 Å². The van der Waals surface area contributed by atoms with Crippen LogP contribution in [0.15, 0.2) is 0 Å². The van der Waals surface area contributed by atoms with E-state index in [0.29, 0.717) is 12.6 Å². The smallest absolute Gasteiger partial charge is 0.234 e. The lowest BCUT2D eigenvalue weighted by Crippen LogP contribution is -2.62. The first-order chi connectivity index (χ1) is 10.1. The highest BCUT2D eigenvalue weighted by molar-refractivity contribution is 5.85. The van der Waals surface area contributed by atoms with E-state index in [-0.39, 0.29) is 23.9 Å². The van der Waals surface area contributed by atoms with E-state index in [1.807, 2.05) is 0 Å². The van der Waals surface area contributed by atoms with Crippen LogP contribution in [-0.4, -0.2) is 48.6 Å². The molecule has 5 rings (SSSR count). The number of amides is 1. The van der Waals surface area contributed by atoms with Crippen molar-refractivity contribution in [2.24, 2.45) is 17.8 Å². The van der Waals surface area contributed by atoms with Crippen LogP contribution in [0.1, 0.15) is 45.4 Å². The predicted molar refractivity (Wildman–Crippen MR) is 90.2 cm³/mol. The number of hydrogen-bond acceptors (Lipinski definition) is 3. The molecule has 4 nitrogen and oxygen atoms in total. The molecule has 4 saturated carbocycles. The number of halogens is 1. The van der Waals surface area contributed by atoms with E-state index in [0.717, 1.165) is 37.4 Å². The first-order valence-corrected chi connectivity index (χ1v) is 8.88. The summed E-state index contributed by atoms with van der Waals surface area (Å²) in [6.07, 6.45) is 8.06. The molecule has 4 bridgehead atoms. The van der Waals surface area contributed by atoms with Crippen LogP contribution in [0.5, 0.6) is 0 Å². The summed E-state index contributed by atoms with van der Waals surface area (Å²) in [6, 6.07) is 0.473. The standard InChI is InChI=1S/C17H29N3O.ClH/c1-12-10-18-2-3-20(12)11-16(21)19-17-7-13-4-14(8-17)6-15(5-13)9-17;/h12-15,18H,2-11H2,1H3,(H,19,21);1H/t12-,13?,14?,15?,17?;/m0./s1. The number of carbonyl (C=O) groups excluding carboxylic acids is 1. The third-order valence-corrected chi connectivity index (χ3v) is 6.43. The zero-order chi connectivity index (χ0) is 14.4. The maximum Gasteiger partial charge on any atom is 0.234 e. The van der Waals surface area contributed by atoms with E-state index in [1.54, 1.807) is 0 Å². The molecular formula is C17H30ClN3O. The van der Waals surface area contributed by atoms with Gasteiger partial charge in [0.2, 0.25) is 5.91 Å². The van der Waals surface area contributed by atoms with Gasteiger partial charge in [0, 0.05) is 31.2 Å². The van der Waals surface area contributed by atoms with Crippen molar-refractivity contribution in [3.8, 4) is 0 Å². The largest absolute Gasteiger partial charge is 0.350 e. The molecule has 5 heteroatoms. The van der Waals surface area contributed by atoms with E-state index in [4.69, 9.17) is 0 Å². The number of hydrogen-bond donors (Lipinski definition) is 2. The Morgan fingerprint density at radius 3 is 2.32 bits per heavy atom. The lowest BCUT2D eigenvalue weighted by atomic mass is 9.53. The SMILES string of the molecule is C[C@H]1CNCCN1CC(=O)NC12CC3CC(CC(C3)C1)C2.Cl. The normalized spacial score (nSPS) is 43.7. The second-order valence-electron chi connectivity index (χ2n) is 8.27. The van der Waals surface area contributed by atoms with Gasteiger partial charge in [-0.05, 0) is 63.2 Å². The third kappa shape index (κ3) is 3.15. The van der Waals surface area contributed by atoms with Crippen LogP contribution in [0.2, 0.25) is 0 Å². The van der Waals surface area contributed by atoms with Crippen LogP contribution in [0.3, 0.4) is 0 Å². The maximum atomic E-state index is 12.6. The summed E-state index contributed by atoms with van der Waals surface area (Å²) in [5, 5.41) is 6.88. The van der Waals surface area contributed by atoms with Gasteiger partial charge in [-0.1, -0.05) is 0 Å². The van der Waals surface area contributed by atoms with Crippen molar-refractivity contribution in [1.29, 1.82) is 0 Å². The number of piperazine rings is 1. The molecule has 5 aliphatic rings. The Balaban J connectivity index is 0.00000144. The topological polar surface area (TPSA) is 44.4 Å². The van der Waals surface area contributed by atoms with Gasteiger partial charge in [0.1, 0.15) is 0 Å². The summed E-state index contributed by atoms with van der Waals surface area (Å²) >= 11 is 0. The molecule has 0 spiro atoms. The molecule has 4 aliphatic carbocycles. The molecule has 0 aromatic rings. The quantitative estimate of drug-likeness (QED) is 0.830. The summed E-state index contributed by atoms with van der Waals surface area (Å²) < 4.78 is 0. The zero-order valence-electron chi connectivity index (χ0n) is 13.6. The highest BCUT2D eigenvalue weighted by atomic mass is 35.5. The van der Waals surface area contributed by atoms with Gasteiger partial charge < -0.3 is 10.6 Å². The molecule has 1 saturated heterocycles. The summed E-state index contributed by atoms with van der Waals surface area (Å²) in [5.41, 5.74) is 0.170. The molecule has 0 unspecified atom stereocenters. The average molecular weight is 328 g/mol. The van der Waals surface area contributed by atoms with E-state index >= 15 is 0 Å². The Morgan fingerprint density at radius 2 is 1.77 bits per heavy atom. The molecule has 1 amide bonds. The second-order valence-corrected chi connectivity index (χ2v) is 8.27. The fraction of sp³-hybridized carbons (Fsp3) is 0.941. The summed E-state index contributed by atoms with van der Waals surface area (Å²) in [4.78, 5) is 14.9. The zero-order valence-corrected chi connectivity index (χ0v) is 14.5. The monoisotopic (exact) mass is 327 g/mol. The van der Waals surface area contributed by atoms with Crippen LogP contribution in [0, 0.1) is 17.8 Å². The molecule has 1 heterocycles. The number of nitrogens with one attached hydrogen (secondary N) is 2. The summed E-state index contributed by atoms with van der Waals surface area (Å²) in [7, 11) is 0. The van der Waals surface area contributed by atoms with Gasteiger partial charge >= 0.3 is 0 Å². The van der Waals surface area contributed by atoms with Gasteiger partial charge in [0.05, 0.1) is 6.54 Å². The van der Waals surface area contributed by atoms with Gasteiger partial charge in [-0.3, -0.25) is 9.69 Å². The van der Waals surface area contributed by atoms with Crippen molar-refractivity contribution in [2.45, 2.75) is 57.0 Å². The Bertz CT molecular complexity index is 393. The average Bonchev–Trinajstić information content (AvgIpc) is 2.39. The van der Waals surface area contributed by atoms with Crippen molar-refractivity contribution in [1.82, 2.24) is 15.5 Å². The predicted octanol–water partition coefficient (Wildman–Crippen LogP) is 1.79. The van der Waals surface area contributed by atoms with Crippen LogP contribution >= 0.6 is 12.4 Å². The molecule has 2 N–H and O–H groups in total. The molecule has 22 heavy (non-hydrogen) atoms. The van der Waals surface area contributed by atoms with Crippen molar-refractivity contribution in [3.63, 3.8) is 0 Å². The van der Waals surface area contributed by atoms with E-state index in [2.05, 4.69) is 22.5 Å². The highest BCUT2D eigenvalue weighted by Crippen LogP contribution is 2.55. The molecule has 5 fully saturated rings. The van der Waals surface area contributed by atoms with Crippen LogP contribution in [-0.2, 0) is 4.79 Å². The summed E-state index contributed by atoms with van der Waals surface area (Å²) in [5.74, 6) is 2.96. The fourth-order valence-electron chi connectivity index (χ4n) is 5.90. The minimum absolute atomic E-state index is 0. The minimum atomic E-state index is 0. The van der Waals surface area contributed by atoms with Crippen LogP contribution in [0.4, 0.5) is 0 Å². The van der Waals surface area contributed by atoms with Gasteiger partial charge in [0.15, 0.2) is 0 Å². The number of nitrogens with zero attached hydrogens (tertiary/aromatic N) is 1. The molecule has 1 atom stereocenters. The van der Waals surface area contributed by atoms with Gasteiger partial charge in [-0.2, -0.15) is 0 Å². The van der Waals surface area contributed by atoms with Crippen molar-refractivity contribution >= 4 is 18.3 Å². The van der Waals surface area contributed by atoms with E-state index in [9.17, 15) is 4.79 Å². The molecule has 0 aromatic carbocycles. The molecule has 126 valence electrons. The Labute approximate surface area is 140 Å². The van der Waals surface area contributed by atoms with Gasteiger partial charge in [-0.15, -0.1) is 12.4 Å². The number of carbonyl (C=O) groups is 1. The maximum absolute atomic E-state index is 12.6. The molecule has 0 radical (unpaired) electrons. The van der Waals surface area contributed by atoms with E-state index < -0.39 is 0 Å². The lowest BCUT2D eigenvalue weighted by molar-refractivity contribution is -0.128. The Hall–Kier alpha value is -0.320. The lowest BCUT2D eigenvalue weighted by Gasteiger charge is -2.57. The first-order valence-electron chi connectivity index (χ1n) is 8.88. The minimum Gasteiger partial charge on any atom is -0.350 e. The van der Waals surface area contributed by atoms with E-state index in [1.165, 1.54) is 38.5 Å². The fourth-order valence-corrected chi connectivity index (χ4v) is 5.90. The van der Waals surface area contributed by atoms with Gasteiger partial charge in [-0.25, -0.2) is 0 Å². The molecule has 1 aliphatic heterocycles. The second kappa shape index (κ2) is 6.29. The van der Waals surface area contributed by atoms with Crippen LogP contribution in [0.25, 0.3) is 0 Å². The molecule has 0 aromatic heterocycles. The summed E-state index contributed by atoms with van der Waals surface area (Å²) in [6.45, 7) is 5.81.